The van der Waals surface area contributed by atoms with Crippen molar-refractivity contribution in [2.75, 3.05) is 5.73 Å². The van der Waals surface area contributed by atoms with Crippen molar-refractivity contribution in [3.63, 3.8) is 0 Å². The van der Waals surface area contributed by atoms with Gasteiger partial charge < -0.3 is 14.9 Å². The molecule has 6 heteroatoms. The summed E-state index contributed by atoms with van der Waals surface area (Å²) in [6, 6.07) is 8.94. The third-order valence-corrected chi connectivity index (χ3v) is 3.48. The number of aromatic nitrogens is 1. The average Bonchev–Trinajstić information content (AvgIpc) is 2.72. The number of aromatic amines is 1. The van der Waals surface area contributed by atoms with Crippen molar-refractivity contribution in [3.05, 3.63) is 50.9 Å². The second-order valence-corrected chi connectivity index (χ2v) is 5.29. The maximum atomic E-state index is 11.2. The van der Waals surface area contributed by atoms with Crippen LogP contribution in [0.25, 0.3) is 11.1 Å². The summed E-state index contributed by atoms with van der Waals surface area (Å²) in [5, 5.41) is 0. The molecule has 0 aliphatic heterocycles. The van der Waals surface area contributed by atoms with Crippen LogP contribution >= 0.6 is 15.9 Å². The number of benzene rings is 2. The second kappa shape index (κ2) is 4.72. The second-order valence-electron chi connectivity index (χ2n) is 4.44. The topological polar surface area (TPSA) is 81.2 Å². The fraction of sp³-hybridized carbons (Fsp3) is 0.0714. The highest BCUT2D eigenvalue weighted by Gasteiger charge is 2.10. The number of hydrogen-bond donors (Lipinski definition) is 2. The number of oxazole rings is 1. The van der Waals surface area contributed by atoms with Gasteiger partial charge in [-0.05, 0) is 40.5 Å². The summed E-state index contributed by atoms with van der Waals surface area (Å²) in [6.07, 6.45) is 0. The lowest BCUT2D eigenvalue weighted by Crippen LogP contribution is -1.94. The van der Waals surface area contributed by atoms with Gasteiger partial charge in [-0.15, -0.1) is 0 Å². The largest absolute Gasteiger partial charge is 0.454 e. The van der Waals surface area contributed by atoms with Crippen LogP contribution in [0.3, 0.4) is 0 Å². The van der Waals surface area contributed by atoms with Crippen molar-refractivity contribution in [1.82, 2.24) is 4.98 Å². The van der Waals surface area contributed by atoms with Crippen molar-refractivity contribution in [3.8, 4) is 11.5 Å². The molecular weight excluding hydrogens is 324 g/mol. The number of fused-ring (bicyclic) bond motifs is 1. The number of nitrogens with two attached hydrogens (primary N) is 1. The van der Waals surface area contributed by atoms with Gasteiger partial charge in [-0.2, -0.15) is 0 Å². The first-order chi connectivity index (χ1) is 9.52. The molecule has 0 amide bonds. The zero-order valence-corrected chi connectivity index (χ0v) is 12.2. The van der Waals surface area contributed by atoms with E-state index in [4.69, 9.17) is 14.9 Å². The predicted octanol–water partition coefficient (Wildman–Crippen LogP) is 3.57. The number of hydrogen-bond acceptors (Lipinski definition) is 4. The molecule has 0 aliphatic rings. The van der Waals surface area contributed by atoms with E-state index in [1.807, 2.05) is 25.1 Å². The Balaban J connectivity index is 2.05. The molecule has 0 spiro atoms. The Labute approximate surface area is 122 Å². The summed E-state index contributed by atoms with van der Waals surface area (Å²) < 4.78 is 11.5. The van der Waals surface area contributed by atoms with Gasteiger partial charge in [-0.1, -0.05) is 6.07 Å². The van der Waals surface area contributed by atoms with E-state index in [0.717, 1.165) is 10.0 Å². The van der Waals surface area contributed by atoms with Crippen LogP contribution < -0.4 is 16.2 Å². The molecule has 0 bridgehead atoms. The Bertz CT molecular complexity index is 851. The third kappa shape index (κ3) is 2.30. The minimum atomic E-state index is -0.520. The van der Waals surface area contributed by atoms with Crippen LogP contribution in [-0.4, -0.2) is 4.98 Å². The van der Waals surface area contributed by atoms with E-state index in [1.54, 1.807) is 12.1 Å². The van der Waals surface area contributed by atoms with E-state index >= 15 is 0 Å². The van der Waals surface area contributed by atoms with E-state index < -0.39 is 5.76 Å². The summed E-state index contributed by atoms with van der Waals surface area (Å²) in [6.45, 7) is 1.99. The average molecular weight is 335 g/mol. The fourth-order valence-corrected chi connectivity index (χ4v) is 2.46. The van der Waals surface area contributed by atoms with E-state index in [2.05, 4.69) is 20.9 Å². The van der Waals surface area contributed by atoms with Crippen LogP contribution in [0.2, 0.25) is 0 Å². The number of halogens is 1. The molecule has 0 fully saturated rings. The van der Waals surface area contributed by atoms with Gasteiger partial charge in [0.05, 0.1) is 15.7 Å². The van der Waals surface area contributed by atoms with E-state index in [0.29, 0.717) is 28.3 Å². The molecule has 0 radical (unpaired) electrons. The molecule has 3 rings (SSSR count). The van der Waals surface area contributed by atoms with Gasteiger partial charge in [0, 0.05) is 12.1 Å². The van der Waals surface area contributed by atoms with Crippen LogP contribution in [0.15, 0.2) is 44.0 Å². The number of rotatable bonds is 2. The predicted molar refractivity (Wildman–Crippen MR) is 80.2 cm³/mol. The zero-order valence-electron chi connectivity index (χ0n) is 10.6. The number of aryl methyl sites for hydroxylation is 1. The molecular formula is C14H11BrN2O3. The summed E-state index contributed by atoms with van der Waals surface area (Å²) in [4.78, 5) is 13.7. The van der Waals surface area contributed by atoms with Crippen LogP contribution in [0.4, 0.5) is 5.69 Å². The lowest BCUT2D eigenvalue weighted by Gasteiger charge is -2.10. The monoisotopic (exact) mass is 334 g/mol. The van der Waals surface area contributed by atoms with Crippen LogP contribution in [0.1, 0.15) is 5.56 Å². The molecule has 20 heavy (non-hydrogen) atoms. The summed E-state index contributed by atoms with van der Waals surface area (Å²) in [7, 11) is 0. The van der Waals surface area contributed by atoms with Gasteiger partial charge >= 0.3 is 5.76 Å². The minimum Gasteiger partial charge on any atom is -0.454 e. The molecule has 2 aromatic carbocycles. The summed E-state index contributed by atoms with van der Waals surface area (Å²) in [5.74, 6) is 0.583. The van der Waals surface area contributed by atoms with Gasteiger partial charge in [0.15, 0.2) is 11.3 Å². The molecule has 0 saturated carbocycles. The molecule has 0 unspecified atom stereocenters. The SMILES string of the molecule is Cc1ccc(Oc2cc3[nH]c(=O)oc3cc2N)c(Br)c1. The van der Waals surface area contributed by atoms with E-state index in [-0.39, 0.29) is 0 Å². The Hall–Kier alpha value is -2.21. The first-order valence-corrected chi connectivity index (χ1v) is 6.68. The van der Waals surface area contributed by atoms with Crippen LogP contribution in [0.5, 0.6) is 11.5 Å². The molecule has 0 atom stereocenters. The zero-order chi connectivity index (χ0) is 14.3. The van der Waals surface area contributed by atoms with Crippen molar-refractivity contribution in [2.24, 2.45) is 0 Å². The standard InChI is InChI=1S/C14H11BrN2O3/c1-7-2-3-11(8(15)4-7)19-12-6-10-13(5-9(12)16)20-14(18)17-10/h2-6H,16H2,1H3,(H,17,18). The maximum absolute atomic E-state index is 11.2. The minimum absolute atomic E-state index is 0.396. The van der Waals surface area contributed by atoms with Crippen LogP contribution in [-0.2, 0) is 0 Å². The van der Waals surface area contributed by atoms with E-state index in [9.17, 15) is 4.79 Å². The molecule has 0 aliphatic carbocycles. The normalized spacial score (nSPS) is 10.9. The van der Waals surface area contributed by atoms with Gasteiger partial charge in [0.25, 0.3) is 0 Å². The molecule has 5 nitrogen and oxygen atoms in total. The molecule has 1 heterocycles. The van der Waals surface area contributed by atoms with Gasteiger partial charge in [-0.25, -0.2) is 4.79 Å². The van der Waals surface area contributed by atoms with Crippen molar-refractivity contribution >= 4 is 32.7 Å². The van der Waals surface area contributed by atoms with Gasteiger partial charge in [0.1, 0.15) is 5.75 Å². The first-order valence-electron chi connectivity index (χ1n) is 5.89. The fourth-order valence-electron chi connectivity index (χ4n) is 1.89. The summed E-state index contributed by atoms with van der Waals surface area (Å²) >= 11 is 3.44. The third-order valence-electron chi connectivity index (χ3n) is 2.86. The molecule has 3 N–H and O–H groups in total. The smallest absolute Gasteiger partial charge is 0.417 e. The van der Waals surface area contributed by atoms with Gasteiger partial charge in [0.2, 0.25) is 0 Å². The maximum Gasteiger partial charge on any atom is 0.417 e. The molecule has 0 saturated heterocycles. The number of H-pyrrole nitrogens is 1. The molecule has 1 aromatic heterocycles. The van der Waals surface area contributed by atoms with E-state index in [1.165, 1.54) is 0 Å². The first kappa shape index (κ1) is 12.8. The highest BCUT2D eigenvalue weighted by atomic mass is 79.9. The number of nitrogens with one attached hydrogen (secondary N) is 1. The summed E-state index contributed by atoms with van der Waals surface area (Å²) in [5.41, 5.74) is 8.37. The van der Waals surface area contributed by atoms with Gasteiger partial charge in [-0.3, -0.25) is 4.98 Å². The Morgan fingerprint density at radius 2 is 2.05 bits per heavy atom. The molecule has 102 valence electrons. The van der Waals surface area contributed by atoms with Crippen molar-refractivity contribution in [2.45, 2.75) is 6.92 Å². The quantitative estimate of drug-likeness (QED) is 0.702. The number of ether oxygens (including phenoxy) is 1. The number of anilines is 1. The lowest BCUT2D eigenvalue weighted by molar-refractivity contribution is 0.482. The Kier molecular flexibility index (Phi) is 3.02. The van der Waals surface area contributed by atoms with Crippen LogP contribution in [0, 0.1) is 6.92 Å². The number of nitrogen functional groups attached to an aromatic ring is 1. The Morgan fingerprint density at radius 3 is 2.80 bits per heavy atom. The lowest BCUT2D eigenvalue weighted by atomic mass is 10.2. The highest BCUT2D eigenvalue weighted by molar-refractivity contribution is 9.10. The van der Waals surface area contributed by atoms with Crippen molar-refractivity contribution < 1.29 is 9.15 Å². The molecule has 3 aromatic rings. The van der Waals surface area contributed by atoms with Crippen molar-refractivity contribution in [1.29, 1.82) is 0 Å². The highest BCUT2D eigenvalue weighted by Crippen LogP contribution is 2.34. The Morgan fingerprint density at radius 1 is 1.25 bits per heavy atom.